The van der Waals surface area contributed by atoms with Gasteiger partial charge in [0.05, 0.1) is 0 Å². The van der Waals surface area contributed by atoms with E-state index < -0.39 is 0 Å². The van der Waals surface area contributed by atoms with Crippen LogP contribution in [0.5, 0.6) is 5.75 Å². The Morgan fingerprint density at radius 3 is 1.11 bits per heavy atom. The fourth-order valence-electron chi connectivity index (χ4n) is 1.56. The number of para-hydroxylation sites is 1. The molecule has 0 spiro atoms. The Kier molecular flexibility index (Phi) is 5.98. The molecule has 0 aromatic heterocycles. The zero-order valence-corrected chi connectivity index (χ0v) is 10.8. The maximum absolute atomic E-state index is 8.63. The van der Waals surface area contributed by atoms with Crippen molar-refractivity contribution < 1.29 is 21.9 Å². The van der Waals surface area contributed by atoms with E-state index >= 15 is 0 Å². The Morgan fingerprint density at radius 1 is 0.500 bits per heavy atom. The van der Waals surface area contributed by atoms with Gasteiger partial charge in [0, 0.05) is 16.8 Å². The molecule has 1 nitrogen and oxygen atoms in total. The van der Waals surface area contributed by atoms with Crippen LogP contribution in [0.1, 0.15) is 0 Å². The van der Waals surface area contributed by atoms with E-state index in [0.29, 0.717) is 5.75 Å². The van der Waals surface area contributed by atoms with Gasteiger partial charge in [-0.05, 0) is 22.9 Å². The van der Waals surface area contributed by atoms with Crippen molar-refractivity contribution in [1.29, 1.82) is 0 Å². The summed E-state index contributed by atoms with van der Waals surface area (Å²) in [7, 11) is 0. The molecule has 93 valence electrons. The van der Waals surface area contributed by atoms with Gasteiger partial charge in [-0.25, -0.2) is 0 Å². The second kappa shape index (κ2) is 7.53. The molecule has 0 bridgehead atoms. The van der Waals surface area contributed by atoms with E-state index in [1.807, 2.05) is 6.07 Å². The molecule has 0 fully saturated rings. The standard InChI is InChI=1S/C10H8.C6H6O.Co/c1-2-6-10-8-4-3-7-9(10)5-1;7-6-4-2-1-3-5-6;/h1-8H;1-5,7H;. The van der Waals surface area contributed by atoms with Gasteiger partial charge in [0.1, 0.15) is 5.75 Å². The van der Waals surface area contributed by atoms with Gasteiger partial charge < -0.3 is 5.11 Å². The first-order chi connectivity index (χ1) is 8.36. The van der Waals surface area contributed by atoms with Crippen molar-refractivity contribution in [3.05, 3.63) is 78.9 Å². The van der Waals surface area contributed by atoms with E-state index in [-0.39, 0.29) is 16.8 Å². The Morgan fingerprint density at radius 2 is 0.833 bits per heavy atom. The summed E-state index contributed by atoms with van der Waals surface area (Å²) in [5.74, 6) is 0.322. The van der Waals surface area contributed by atoms with Crippen LogP contribution in [0.15, 0.2) is 78.9 Å². The molecule has 0 amide bonds. The summed E-state index contributed by atoms with van der Waals surface area (Å²) in [6.45, 7) is 0. The summed E-state index contributed by atoms with van der Waals surface area (Å²) in [4.78, 5) is 0. The van der Waals surface area contributed by atoms with Crippen LogP contribution in [-0.4, -0.2) is 5.11 Å². The topological polar surface area (TPSA) is 20.2 Å². The third kappa shape index (κ3) is 4.24. The largest absolute Gasteiger partial charge is 0.508 e. The van der Waals surface area contributed by atoms with Gasteiger partial charge in [-0.1, -0.05) is 66.7 Å². The van der Waals surface area contributed by atoms with Gasteiger partial charge >= 0.3 is 0 Å². The second-order valence-corrected chi connectivity index (χ2v) is 3.68. The van der Waals surface area contributed by atoms with Crippen LogP contribution in [0.3, 0.4) is 0 Å². The van der Waals surface area contributed by atoms with E-state index in [9.17, 15) is 0 Å². The minimum absolute atomic E-state index is 0. The molecule has 18 heavy (non-hydrogen) atoms. The van der Waals surface area contributed by atoms with E-state index in [1.54, 1.807) is 24.3 Å². The molecule has 0 aliphatic heterocycles. The van der Waals surface area contributed by atoms with Crippen LogP contribution in [0, 0.1) is 0 Å². The van der Waals surface area contributed by atoms with Crippen LogP contribution < -0.4 is 0 Å². The van der Waals surface area contributed by atoms with E-state index in [2.05, 4.69) is 48.5 Å². The molecule has 0 aliphatic carbocycles. The van der Waals surface area contributed by atoms with Crippen molar-refractivity contribution in [3.63, 3.8) is 0 Å². The first-order valence-electron chi connectivity index (χ1n) is 5.54. The SMILES string of the molecule is Oc1ccccc1.[Co].c1ccc2ccccc2c1. The molecular weight excluding hydrogens is 267 g/mol. The van der Waals surface area contributed by atoms with Gasteiger partial charge in [-0.2, -0.15) is 0 Å². The van der Waals surface area contributed by atoms with Crippen LogP contribution in [0.2, 0.25) is 0 Å². The number of rotatable bonds is 0. The number of phenols is 1. The van der Waals surface area contributed by atoms with Gasteiger partial charge in [0.2, 0.25) is 0 Å². The molecule has 0 heterocycles. The molecule has 3 aromatic rings. The minimum atomic E-state index is 0. The molecule has 2 heteroatoms. The summed E-state index contributed by atoms with van der Waals surface area (Å²) in [5.41, 5.74) is 0. The third-order valence-corrected chi connectivity index (χ3v) is 2.41. The number of phenolic OH excluding ortho intramolecular Hbond substituents is 1. The average molecular weight is 281 g/mol. The van der Waals surface area contributed by atoms with E-state index in [4.69, 9.17) is 5.11 Å². The number of fused-ring (bicyclic) bond motifs is 1. The van der Waals surface area contributed by atoms with Crippen LogP contribution in [0.4, 0.5) is 0 Å². The summed E-state index contributed by atoms with van der Waals surface area (Å²) < 4.78 is 0. The summed E-state index contributed by atoms with van der Waals surface area (Å²) >= 11 is 0. The van der Waals surface area contributed by atoms with Crippen molar-refractivity contribution >= 4 is 10.8 Å². The maximum atomic E-state index is 8.63. The number of aromatic hydroxyl groups is 1. The normalized spacial score (nSPS) is 8.89. The maximum Gasteiger partial charge on any atom is 0.115 e. The molecule has 0 unspecified atom stereocenters. The van der Waals surface area contributed by atoms with E-state index in [0.717, 1.165) is 0 Å². The molecule has 3 rings (SSSR count). The quantitative estimate of drug-likeness (QED) is 0.653. The molecule has 3 aromatic carbocycles. The van der Waals surface area contributed by atoms with Crippen LogP contribution >= 0.6 is 0 Å². The van der Waals surface area contributed by atoms with Gasteiger partial charge in [0.25, 0.3) is 0 Å². The molecule has 1 N–H and O–H groups in total. The predicted molar refractivity (Wildman–Crippen MR) is 72.1 cm³/mol. The van der Waals surface area contributed by atoms with E-state index in [1.165, 1.54) is 10.8 Å². The fraction of sp³-hybridized carbons (Fsp3) is 0. The fourth-order valence-corrected chi connectivity index (χ4v) is 1.56. The number of hydrogen-bond acceptors (Lipinski definition) is 1. The second-order valence-electron chi connectivity index (χ2n) is 3.68. The minimum Gasteiger partial charge on any atom is -0.508 e. The monoisotopic (exact) mass is 281 g/mol. The average Bonchev–Trinajstić information content (AvgIpc) is 2.41. The molecular formula is C16H14CoO. The van der Waals surface area contributed by atoms with Crippen molar-refractivity contribution in [2.75, 3.05) is 0 Å². The molecule has 1 radical (unpaired) electrons. The summed E-state index contributed by atoms with van der Waals surface area (Å²) in [5, 5.41) is 11.3. The van der Waals surface area contributed by atoms with Gasteiger partial charge in [-0.15, -0.1) is 0 Å². The Hall–Kier alpha value is -1.77. The zero-order valence-electron chi connectivity index (χ0n) is 9.79. The van der Waals surface area contributed by atoms with Crippen molar-refractivity contribution in [1.82, 2.24) is 0 Å². The molecule has 0 atom stereocenters. The van der Waals surface area contributed by atoms with Gasteiger partial charge in [0.15, 0.2) is 0 Å². The first-order valence-corrected chi connectivity index (χ1v) is 5.54. The molecule has 0 saturated carbocycles. The first kappa shape index (κ1) is 14.3. The number of benzene rings is 3. The van der Waals surface area contributed by atoms with Crippen LogP contribution in [-0.2, 0) is 16.8 Å². The van der Waals surface area contributed by atoms with Crippen molar-refractivity contribution in [2.45, 2.75) is 0 Å². The Bertz CT molecular complexity index is 513. The Balaban J connectivity index is 0.000000181. The van der Waals surface area contributed by atoms with Crippen molar-refractivity contribution in [2.24, 2.45) is 0 Å². The van der Waals surface area contributed by atoms with Gasteiger partial charge in [-0.3, -0.25) is 0 Å². The summed E-state index contributed by atoms with van der Waals surface area (Å²) in [6, 6.07) is 25.4. The molecule has 0 aliphatic rings. The third-order valence-electron chi connectivity index (χ3n) is 2.41. The predicted octanol–water partition coefficient (Wildman–Crippen LogP) is 4.23. The smallest absolute Gasteiger partial charge is 0.115 e. The zero-order chi connectivity index (χ0) is 11.9. The Labute approximate surface area is 117 Å². The van der Waals surface area contributed by atoms with Crippen molar-refractivity contribution in [3.8, 4) is 5.75 Å². The van der Waals surface area contributed by atoms with Crippen LogP contribution in [0.25, 0.3) is 10.8 Å². The summed E-state index contributed by atoms with van der Waals surface area (Å²) in [6.07, 6.45) is 0. The molecule has 0 saturated heterocycles. The number of hydrogen-bond donors (Lipinski definition) is 1.